The lowest BCUT2D eigenvalue weighted by molar-refractivity contribution is -0.161. The molecule has 0 aliphatic carbocycles. The molecule has 0 heterocycles. The predicted molar refractivity (Wildman–Crippen MR) is 399 cm³/mol. The van der Waals surface area contributed by atoms with Gasteiger partial charge < -0.3 is 33.8 Å². The Balaban J connectivity index is 5.40. The van der Waals surface area contributed by atoms with Gasteiger partial charge in [0.25, 0.3) is 0 Å². The van der Waals surface area contributed by atoms with E-state index in [0.717, 1.165) is 141 Å². The number of phosphoric acid groups is 2. The normalized spacial score (nSPS) is 14.4. The number of unbranched alkanes of at least 4 members (excludes halogenated alkanes) is 33. The number of hydrogen-bond acceptors (Lipinski definition) is 15. The van der Waals surface area contributed by atoms with Gasteiger partial charge in [-0.1, -0.05) is 254 Å². The molecule has 0 aliphatic rings. The SMILES string of the molecule is CCCCC/C=C\C/C=C\C/C=C\C/C=C\CCCC(=O)O[C@H](COC(=O)CCCCCCC/C=C\CCCCCC)COP(=O)(O)OC[C@@H](O)COP(=O)(O)OC[C@@H](COC(=O)CCCCCCC/C=C\CCCCCC)OC(=O)CCCCCCC/C=C\CCCCCCCC. The molecule has 0 fully saturated rings. The highest BCUT2D eigenvalue weighted by Crippen LogP contribution is 2.45. The van der Waals surface area contributed by atoms with Gasteiger partial charge in [-0.15, -0.1) is 0 Å². The molecule has 568 valence electrons. The number of phosphoric ester groups is 2. The topological polar surface area (TPSA) is 237 Å². The van der Waals surface area contributed by atoms with Crippen LogP contribution in [0.25, 0.3) is 0 Å². The Hall–Kier alpha value is -3.76. The first-order valence-corrected chi connectivity index (χ1v) is 41.8. The van der Waals surface area contributed by atoms with Gasteiger partial charge in [0.05, 0.1) is 26.4 Å². The Bertz CT molecular complexity index is 2190. The molecule has 0 saturated carbocycles. The van der Waals surface area contributed by atoms with Crippen LogP contribution in [0.15, 0.2) is 85.1 Å². The summed E-state index contributed by atoms with van der Waals surface area (Å²) in [6.07, 6.45) is 72.9. The Morgan fingerprint density at radius 2 is 0.510 bits per heavy atom. The van der Waals surface area contributed by atoms with E-state index in [1.165, 1.54) is 109 Å². The summed E-state index contributed by atoms with van der Waals surface area (Å²) in [6.45, 7) is 4.75. The van der Waals surface area contributed by atoms with Crippen molar-refractivity contribution in [1.82, 2.24) is 0 Å². The number of ether oxygens (including phenoxy) is 4. The fourth-order valence-electron chi connectivity index (χ4n) is 10.3. The van der Waals surface area contributed by atoms with Crippen LogP contribution in [0.1, 0.15) is 336 Å². The highest BCUT2D eigenvalue weighted by Gasteiger charge is 2.30. The molecule has 17 nitrogen and oxygen atoms in total. The molecule has 98 heavy (non-hydrogen) atoms. The van der Waals surface area contributed by atoms with Crippen LogP contribution in [0.2, 0.25) is 0 Å². The lowest BCUT2D eigenvalue weighted by Crippen LogP contribution is -2.30. The van der Waals surface area contributed by atoms with E-state index in [2.05, 4.69) is 101 Å². The summed E-state index contributed by atoms with van der Waals surface area (Å²) in [5, 5.41) is 10.6. The van der Waals surface area contributed by atoms with Crippen molar-refractivity contribution in [1.29, 1.82) is 0 Å². The van der Waals surface area contributed by atoms with Crippen LogP contribution in [0.3, 0.4) is 0 Å². The van der Waals surface area contributed by atoms with Crippen molar-refractivity contribution < 1.29 is 80.2 Å². The van der Waals surface area contributed by atoms with Gasteiger partial charge in [-0.2, -0.15) is 0 Å². The molecule has 0 bridgehead atoms. The molecule has 2 unspecified atom stereocenters. The van der Waals surface area contributed by atoms with Gasteiger partial charge in [0.15, 0.2) is 12.2 Å². The lowest BCUT2D eigenvalue weighted by atomic mass is 10.1. The van der Waals surface area contributed by atoms with Gasteiger partial charge in [0.1, 0.15) is 19.3 Å². The molecule has 0 spiro atoms. The predicted octanol–water partition coefficient (Wildman–Crippen LogP) is 22.2. The van der Waals surface area contributed by atoms with Crippen LogP contribution in [0, 0.1) is 0 Å². The van der Waals surface area contributed by atoms with Gasteiger partial charge in [-0.25, -0.2) is 9.13 Å². The number of aliphatic hydroxyl groups excluding tert-OH is 1. The highest BCUT2D eigenvalue weighted by molar-refractivity contribution is 7.47. The number of esters is 4. The van der Waals surface area contributed by atoms with Crippen LogP contribution < -0.4 is 0 Å². The zero-order chi connectivity index (χ0) is 71.8. The minimum atomic E-state index is -4.99. The first kappa shape index (κ1) is 94.2. The van der Waals surface area contributed by atoms with Crippen molar-refractivity contribution in [2.75, 3.05) is 39.6 Å². The van der Waals surface area contributed by atoms with Gasteiger partial charge in [-0.3, -0.25) is 37.3 Å². The fourth-order valence-corrected chi connectivity index (χ4v) is 11.9. The van der Waals surface area contributed by atoms with Gasteiger partial charge in [0, 0.05) is 25.7 Å². The summed E-state index contributed by atoms with van der Waals surface area (Å²) >= 11 is 0. The molecule has 0 saturated heterocycles. The van der Waals surface area contributed by atoms with E-state index in [0.29, 0.717) is 32.1 Å². The molecular weight excluding hydrogens is 1280 g/mol. The van der Waals surface area contributed by atoms with Crippen molar-refractivity contribution in [3.8, 4) is 0 Å². The Kier molecular flexibility index (Phi) is 68.9. The van der Waals surface area contributed by atoms with Crippen molar-refractivity contribution in [3.05, 3.63) is 85.1 Å². The first-order valence-electron chi connectivity index (χ1n) is 38.8. The second kappa shape index (κ2) is 71.6. The smallest absolute Gasteiger partial charge is 0.462 e. The van der Waals surface area contributed by atoms with E-state index in [1.807, 2.05) is 12.2 Å². The van der Waals surface area contributed by atoms with Crippen molar-refractivity contribution in [2.45, 2.75) is 354 Å². The minimum absolute atomic E-state index is 0.0186. The molecule has 0 amide bonds. The second-order valence-corrected chi connectivity index (χ2v) is 28.8. The fraction of sp³-hybridized carbons (Fsp3) is 0.772. The molecule has 3 N–H and O–H groups in total. The number of allylic oxidation sites excluding steroid dienone is 14. The average Bonchev–Trinajstić information content (AvgIpc) is 1.05. The monoisotopic (exact) mass is 1420 g/mol. The van der Waals surface area contributed by atoms with E-state index < -0.39 is 97.5 Å². The molecule has 0 aromatic heterocycles. The maximum absolute atomic E-state index is 13.1. The Morgan fingerprint density at radius 1 is 0.286 bits per heavy atom. The third-order valence-electron chi connectivity index (χ3n) is 16.3. The summed E-state index contributed by atoms with van der Waals surface area (Å²) in [5.41, 5.74) is 0. The average molecular weight is 1420 g/mol. The zero-order valence-electron chi connectivity index (χ0n) is 62.0. The number of hydrogen-bond donors (Lipinski definition) is 3. The second-order valence-electron chi connectivity index (χ2n) is 25.9. The standard InChI is InChI=1S/C79H140O17P2/c1-5-9-13-17-21-25-29-33-35-36-38-42-46-50-54-58-62-66-79(84)96-75(70-90-77(82)64-60-56-52-48-44-40-32-28-24-20-16-12-8-4)72-94-98(87,88)92-68-73(80)67-91-97(85,86)93-71-74(69-89-76(81)63-59-55-51-47-43-39-31-27-23-19-15-11-7-3)95-78(83)65-61-57-53-49-45-41-37-34-30-26-22-18-14-10-6-2/h21,25,27-28,31-35,37-38,42,50,54,73-75,80H,5-20,22-24,26,29-30,36,39-41,43-49,51-53,55-72H2,1-4H3,(H,85,86)(H,87,88)/b25-21-,31-27-,32-28-,35-33-,37-34-,42-38-,54-50-/t73-,74+,75+/m0/s1. The maximum Gasteiger partial charge on any atom is 0.472 e. The quantitative estimate of drug-likeness (QED) is 0.0169. The molecule has 0 rings (SSSR count). The lowest BCUT2D eigenvalue weighted by Gasteiger charge is -2.21. The van der Waals surface area contributed by atoms with Gasteiger partial charge in [0.2, 0.25) is 0 Å². The molecule has 0 radical (unpaired) electrons. The third-order valence-corrected chi connectivity index (χ3v) is 18.2. The van der Waals surface area contributed by atoms with Crippen LogP contribution in [0.5, 0.6) is 0 Å². The maximum atomic E-state index is 13.1. The number of carbonyl (C=O) groups is 4. The molecule has 19 heteroatoms. The van der Waals surface area contributed by atoms with Crippen LogP contribution >= 0.6 is 15.6 Å². The zero-order valence-corrected chi connectivity index (χ0v) is 63.7. The van der Waals surface area contributed by atoms with E-state index in [9.17, 15) is 43.2 Å². The van der Waals surface area contributed by atoms with Crippen molar-refractivity contribution in [2.24, 2.45) is 0 Å². The largest absolute Gasteiger partial charge is 0.472 e. The highest BCUT2D eigenvalue weighted by atomic mass is 31.2. The van der Waals surface area contributed by atoms with E-state index in [1.54, 1.807) is 0 Å². The van der Waals surface area contributed by atoms with Crippen LogP contribution in [-0.2, 0) is 65.4 Å². The summed E-state index contributed by atoms with van der Waals surface area (Å²) in [4.78, 5) is 72.8. The molecular formula is C79H140O17P2. The molecule has 0 aliphatic heterocycles. The Labute approximate surface area is 595 Å². The van der Waals surface area contributed by atoms with Crippen molar-refractivity contribution in [3.63, 3.8) is 0 Å². The van der Waals surface area contributed by atoms with E-state index >= 15 is 0 Å². The van der Waals surface area contributed by atoms with E-state index in [-0.39, 0.29) is 25.7 Å². The number of rotatable bonds is 73. The Morgan fingerprint density at radius 3 is 0.847 bits per heavy atom. The summed E-state index contributed by atoms with van der Waals surface area (Å²) in [6, 6.07) is 0. The summed E-state index contributed by atoms with van der Waals surface area (Å²) in [7, 11) is -9.97. The molecule has 0 aromatic carbocycles. The van der Waals surface area contributed by atoms with E-state index in [4.69, 9.17) is 37.0 Å². The number of aliphatic hydroxyl groups is 1. The third kappa shape index (κ3) is 70.7. The molecule has 0 aromatic rings. The van der Waals surface area contributed by atoms with Crippen molar-refractivity contribution >= 4 is 39.5 Å². The van der Waals surface area contributed by atoms with Gasteiger partial charge in [-0.05, 0) is 141 Å². The van der Waals surface area contributed by atoms with Crippen LogP contribution in [-0.4, -0.2) is 96.7 Å². The number of carbonyl (C=O) groups excluding carboxylic acids is 4. The first-order chi connectivity index (χ1) is 47.7. The molecule has 5 atom stereocenters. The summed E-state index contributed by atoms with van der Waals surface area (Å²) in [5.74, 6) is -2.25. The summed E-state index contributed by atoms with van der Waals surface area (Å²) < 4.78 is 68.4. The van der Waals surface area contributed by atoms with Gasteiger partial charge >= 0.3 is 39.5 Å². The minimum Gasteiger partial charge on any atom is -0.462 e. The van der Waals surface area contributed by atoms with Crippen LogP contribution in [0.4, 0.5) is 0 Å².